The van der Waals surface area contributed by atoms with Crippen molar-refractivity contribution in [3.63, 3.8) is 0 Å². The molecule has 0 bridgehead atoms. The van der Waals surface area contributed by atoms with Gasteiger partial charge in [0.25, 0.3) is 0 Å². The molecule has 4 heteroatoms. The van der Waals surface area contributed by atoms with E-state index in [-0.39, 0.29) is 18.2 Å². The van der Waals surface area contributed by atoms with Gasteiger partial charge in [-0.2, -0.15) is 0 Å². The maximum absolute atomic E-state index is 12.9. The van der Waals surface area contributed by atoms with Crippen molar-refractivity contribution >= 4 is 17.5 Å². The number of benzene rings is 2. The number of carbonyl (C=O) groups excluding carboxylic acids is 1. The minimum Gasteiger partial charge on any atom is -0.485 e. The molecule has 0 aliphatic heterocycles. The van der Waals surface area contributed by atoms with E-state index < -0.39 is 0 Å². The SMILES string of the molecule is CSc1ccc(C(=O)COc2cccc(F)c2)cc1. The van der Waals surface area contributed by atoms with Crippen LogP contribution in [0.2, 0.25) is 0 Å². The number of hydrogen-bond donors (Lipinski definition) is 0. The van der Waals surface area contributed by atoms with Crippen molar-refractivity contribution in [2.45, 2.75) is 4.90 Å². The summed E-state index contributed by atoms with van der Waals surface area (Å²) >= 11 is 1.62. The summed E-state index contributed by atoms with van der Waals surface area (Å²) in [5.74, 6) is -0.153. The van der Waals surface area contributed by atoms with Crippen LogP contribution in [0.1, 0.15) is 10.4 Å². The maximum Gasteiger partial charge on any atom is 0.200 e. The Balaban J connectivity index is 1.97. The van der Waals surface area contributed by atoms with Gasteiger partial charge >= 0.3 is 0 Å². The Bertz CT molecular complexity index is 567. The van der Waals surface area contributed by atoms with Crippen LogP contribution >= 0.6 is 11.8 Å². The first-order valence-electron chi connectivity index (χ1n) is 5.74. The van der Waals surface area contributed by atoms with Gasteiger partial charge < -0.3 is 4.74 Å². The van der Waals surface area contributed by atoms with Crippen LogP contribution in [0.4, 0.5) is 4.39 Å². The third-order valence-corrected chi connectivity index (χ3v) is 3.32. The number of Topliss-reactive ketones (excluding diaryl/α,β-unsaturated/α-hetero) is 1. The predicted octanol–water partition coefficient (Wildman–Crippen LogP) is 3.81. The number of ketones is 1. The second-order valence-corrected chi connectivity index (χ2v) is 4.78. The highest BCUT2D eigenvalue weighted by Crippen LogP contribution is 2.16. The second kappa shape index (κ2) is 6.38. The van der Waals surface area contributed by atoms with Crippen LogP contribution in [0, 0.1) is 5.82 Å². The molecule has 0 N–H and O–H groups in total. The fourth-order valence-electron chi connectivity index (χ4n) is 1.57. The van der Waals surface area contributed by atoms with Crippen LogP contribution < -0.4 is 4.74 Å². The monoisotopic (exact) mass is 276 g/mol. The fourth-order valence-corrected chi connectivity index (χ4v) is 1.97. The molecule has 0 atom stereocenters. The first-order chi connectivity index (χ1) is 9.19. The molecule has 0 heterocycles. The highest BCUT2D eigenvalue weighted by atomic mass is 32.2. The van der Waals surface area contributed by atoms with Crippen LogP contribution in [0.5, 0.6) is 5.75 Å². The van der Waals surface area contributed by atoms with Crippen LogP contribution in [-0.4, -0.2) is 18.6 Å². The zero-order valence-corrected chi connectivity index (χ0v) is 11.2. The normalized spacial score (nSPS) is 10.2. The number of rotatable bonds is 5. The van der Waals surface area contributed by atoms with E-state index in [1.165, 1.54) is 12.1 Å². The van der Waals surface area contributed by atoms with E-state index in [1.54, 1.807) is 36.0 Å². The number of thioether (sulfide) groups is 1. The summed E-state index contributed by atoms with van der Waals surface area (Å²) in [6.07, 6.45) is 1.98. The molecule has 2 aromatic rings. The molecule has 0 fully saturated rings. The van der Waals surface area contributed by atoms with Crippen molar-refractivity contribution in [3.05, 3.63) is 59.9 Å². The molecule has 0 spiro atoms. The van der Waals surface area contributed by atoms with Crippen molar-refractivity contribution in [3.8, 4) is 5.75 Å². The lowest BCUT2D eigenvalue weighted by atomic mass is 10.1. The van der Waals surface area contributed by atoms with Gasteiger partial charge in [0.05, 0.1) is 0 Å². The summed E-state index contributed by atoms with van der Waals surface area (Å²) < 4.78 is 18.2. The molecule has 19 heavy (non-hydrogen) atoms. The quantitative estimate of drug-likeness (QED) is 0.613. The van der Waals surface area contributed by atoms with Crippen molar-refractivity contribution < 1.29 is 13.9 Å². The number of ether oxygens (including phenoxy) is 1. The van der Waals surface area contributed by atoms with Crippen molar-refractivity contribution in [1.29, 1.82) is 0 Å². The van der Waals surface area contributed by atoms with E-state index in [4.69, 9.17) is 4.74 Å². The molecular weight excluding hydrogens is 263 g/mol. The number of carbonyl (C=O) groups is 1. The standard InChI is InChI=1S/C15H13FO2S/c1-19-14-7-5-11(6-8-14)15(17)10-18-13-4-2-3-12(16)9-13/h2-9H,10H2,1H3. The molecule has 0 saturated heterocycles. The molecule has 0 radical (unpaired) electrons. The first kappa shape index (κ1) is 13.6. The molecule has 2 nitrogen and oxygen atoms in total. The second-order valence-electron chi connectivity index (χ2n) is 3.90. The van der Waals surface area contributed by atoms with E-state index in [9.17, 15) is 9.18 Å². The smallest absolute Gasteiger partial charge is 0.200 e. The van der Waals surface area contributed by atoms with E-state index in [0.717, 1.165) is 4.90 Å². The molecule has 0 aliphatic carbocycles. The number of hydrogen-bond acceptors (Lipinski definition) is 3. The average Bonchev–Trinajstić information content (AvgIpc) is 2.45. The Morgan fingerprint density at radius 1 is 1.21 bits per heavy atom. The lowest BCUT2D eigenvalue weighted by Crippen LogP contribution is -2.11. The van der Waals surface area contributed by atoms with Gasteiger partial charge in [0.15, 0.2) is 12.4 Å². The summed E-state index contributed by atoms with van der Waals surface area (Å²) in [6.45, 7) is -0.0952. The summed E-state index contributed by atoms with van der Waals surface area (Å²) in [6, 6.07) is 13.1. The van der Waals surface area contributed by atoms with Gasteiger partial charge in [-0.25, -0.2) is 4.39 Å². The van der Waals surface area contributed by atoms with Gasteiger partial charge in [-0.15, -0.1) is 11.8 Å². The summed E-state index contributed by atoms with van der Waals surface area (Å²) in [4.78, 5) is 13.0. The minimum absolute atomic E-state index is 0.0952. The largest absolute Gasteiger partial charge is 0.485 e. The average molecular weight is 276 g/mol. The van der Waals surface area contributed by atoms with Gasteiger partial charge in [-0.1, -0.05) is 18.2 Å². The Kier molecular flexibility index (Phi) is 4.58. The fraction of sp³-hybridized carbons (Fsp3) is 0.133. The molecule has 0 aliphatic rings. The van der Waals surface area contributed by atoms with Gasteiger partial charge in [0, 0.05) is 16.5 Å². The van der Waals surface area contributed by atoms with Crippen LogP contribution in [0.25, 0.3) is 0 Å². The zero-order chi connectivity index (χ0) is 13.7. The Hall–Kier alpha value is -1.81. The molecule has 0 amide bonds. The van der Waals surface area contributed by atoms with E-state index in [1.807, 2.05) is 18.4 Å². The topological polar surface area (TPSA) is 26.3 Å². The Labute approximate surface area is 115 Å². The van der Waals surface area contributed by atoms with Crippen LogP contribution in [0.3, 0.4) is 0 Å². The summed E-state index contributed by atoms with van der Waals surface area (Å²) in [5, 5.41) is 0. The van der Waals surface area contributed by atoms with Crippen molar-refractivity contribution in [1.82, 2.24) is 0 Å². The lowest BCUT2D eigenvalue weighted by molar-refractivity contribution is 0.0921. The molecule has 98 valence electrons. The highest BCUT2D eigenvalue weighted by molar-refractivity contribution is 7.98. The van der Waals surface area contributed by atoms with Crippen LogP contribution in [0.15, 0.2) is 53.4 Å². The van der Waals surface area contributed by atoms with Gasteiger partial charge in [-0.3, -0.25) is 4.79 Å². The highest BCUT2D eigenvalue weighted by Gasteiger charge is 2.07. The molecular formula is C15H13FO2S. The van der Waals surface area contributed by atoms with Crippen molar-refractivity contribution in [2.24, 2.45) is 0 Å². The van der Waals surface area contributed by atoms with Crippen molar-refractivity contribution in [2.75, 3.05) is 12.9 Å². The summed E-state index contributed by atoms with van der Waals surface area (Å²) in [7, 11) is 0. The zero-order valence-electron chi connectivity index (χ0n) is 10.4. The van der Waals surface area contributed by atoms with Crippen LogP contribution in [-0.2, 0) is 0 Å². The molecule has 0 aromatic heterocycles. The molecule has 2 rings (SSSR count). The molecule has 0 saturated carbocycles. The third kappa shape index (κ3) is 3.83. The lowest BCUT2D eigenvalue weighted by Gasteiger charge is -2.06. The third-order valence-electron chi connectivity index (χ3n) is 2.58. The van der Waals surface area contributed by atoms with Gasteiger partial charge in [0.1, 0.15) is 11.6 Å². The minimum atomic E-state index is -0.380. The molecule has 2 aromatic carbocycles. The first-order valence-corrected chi connectivity index (χ1v) is 6.97. The van der Waals surface area contributed by atoms with Gasteiger partial charge in [-0.05, 0) is 30.5 Å². The summed E-state index contributed by atoms with van der Waals surface area (Å²) in [5.41, 5.74) is 0.592. The number of halogens is 1. The maximum atomic E-state index is 12.9. The van der Waals surface area contributed by atoms with Gasteiger partial charge in [0.2, 0.25) is 0 Å². The molecule has 0 unspecified atom stereocenters. The van der Waals surface area contributed by atoms with E-state index in [0.29, 0.717) is 11.3 Å². The van der Waals surface area contributed by atoms with E-state index >= 15 is 0 Å². The Morgan fingerprint density at radius 3 is 2.58 bits per heavy atom. The predicted molar refractivity (Wildman–Crippen MR) is 74.4 cm³/mol. The Morgan fingerprint density at radius 2 is 1.95 bits per heavy atom. The van der Waals surface area contributed by atoms with E-state index in [2.05, 4.69) is 0 Å².